The van der Waals surface area contributed by atoms with Gasteiger partial charge in [0.05, 0.1) is 5.69 Å². The molecule has 1 aromatic rings. The maximum absolute atomic E-state index is 8.95. The highest BCUT2D eigenvalue weighted by Crippen LogP contribution is 2.24. The Kier molecular flexibility index (Phi) is 3.92. The summed E-state index contributed by atoms with van der Waals surface area (Å²) in [4.78, 5) is 8.43. The summed E-state index contributed by atoms with van der Waals surface area (Å²) in [5.74, 6) is 1.36. The number of anilines is 1. The van der Waals surface area contributed by atoms with Crippen molar-refractivity contribution in [1.29, 1.82) is 5.26 Å². The van der Waals surface area contributed by atoms with Gasteiger partial charge in [-0.1, -0.05) is 32.5 Å². The molecule has 0 radical (unpaired) electrons. The Morgan fingerprint density at radius 1 is 1.47 bits per heavy atom. The molecule has 0 aromatic carbocycles. The van der Waals surface area contributed by atoms with E-state index in [1.165, 1.54) is 11.8 Å². The van der Waals surface area contributed by atoms with Crippen LogP contribution in [-0.2, 0) is 0 Å². The van der Waals surface area contributed by atoms with Crippen LogP contribution in [0, 0.1) is 11.3 Å². The van der Waals surface area contributed by atoms with Crippen LogP contribution in [0.25, 0.3) is 0 Å². The lowest BCUT2D eigenvalue weighted by atomic mass is 10.1. The van der Waals surface area contributed by atoms with Crippen LogP contribution in [0.1, 0.15) is 37.9 Å². The van der Waals surface area contributed by atoms with Crippen LogP contribution >= 0.6 is 11.8 Å². The molecule has 0 bridgehead atoms. The SMILES string of the molecule is CCSc1nc(N)c(C#N)c(C(C)C)n1. The van der Waals surface area contributed by atoms with E-state index in [2.05, 4.69) is 16.0 Å². The van der Waals surface area contributed by atoms with Crippen molar-refractivity contribution in [3.05, 3.63) is 11.3 Å². The molecule has 0 spiro atoms. The maximum Gasteiger partial charge on any atom is 0.189 e. The number of nitrogens with zero attached hydrogens (tertiary/aromatic N) is 3. The summed E-state index contributed by atoms with van der Waals surface area (Å²) in [6.07, 6.45) is 0. The standard InChI is InChI=1S/C10H14N4S/c1-4-15-10-13-8(6(2)3)7(5-11)9(12)14-10/h6H,4H2,1-3H3,(H2,12,13,14). The second-order valence-electron chi connectivity index (χ2n) is 3.35. The summed E-state index contributed by atoms with van der Waals surface area (Å²) in [6, 6.07) is 2.06. The minimum Gasteiger partial charge on any atom is -0.382 e. The zero-order chi connectivity index (χ0) is 11.4. The minimum atomic E-state index is 0.182. The molecule has 1 rings (SSSR count). The molecule has 1 heterocycles. The van der Waals surface area contributed by atoms with Gasteiger partial charge in [0.2, 0.25) is 0 Å². The Morgan fingerprint density at radius 2 is 2.13 bits per heavy atom. The van der Waals surface area contributed by atoms with Gasteiger partial charge < -0.3 is 5.73 Å². The Hall–Kier alpha value is -1.28. The number of nitrogens with two attached hydrogens (primary N) is 1. The quantitative estimate of drug-likeness (QED) is 0.626. The van der Waals surface area contributed by atoms with Crippen molar-refractivity contribution in [1.82, 2.24) is 9.97 Å². The molecule has 15 heavy (non-hydrogen) atoms. The van der Waals surface area contributed by atoms with E-state index in [1.807, 2.05) is 20.8 Å². The van der Waals surface area contributed by atoms with E-state index in [-0.39, 0.29) is 11.7 Å². The van der Waals surface area contributed by atoms with Gasteiger partial charge >= 0.3 is 0 Å². The van der Waals surface area contributed by atoms with Gasteiger partial charge in [0.15, 0.2) is 5.16 Å². The fourth-order valence-corrected chi connectivity index (χ4v) is 1.78. The molecule has 0 fully saturated rings. The van der Waals surface area contributed by atoms with Crippen molar-refractivity contribution < 1.29 is 0 Å². The zero-order valence-corrected chi connectivity index (χ0v) is 9.93. The molecule has 0 aliphatic heterocycles. The number of aromatic nitrogens is 2. The predicted molar refractivity (Wildman–Crippen MR) is 61.6 cm³/mol. The molecule has 80 valence electrons. The first-order valence-electron chi connectivity index (χ1n) is 4.80. The second kappa shape index (κ2) is 4.99. The van der Waals surface area contributed by atoms with Gasteiger partial charge in [-0.3, -0.25) is 0 Å². The van der Waals surface area contributed by atoms with Crippen LogP contribution in [0.2, 0.25) is 0 Å². The van der Waals surface area contributed by atoms with Crippen molar-refractivity contribution in [3.63, 3.8) is 0 Å². The molecule has 0 atom stereocenters. The normalized spacial score (nSPS) is 10.3. The van der Waals surface area contributed by atoms with E-state index >= 15 is 0 Å². The Labute approximate surface area is 93.9 Å². The fraction of sp³-hybridized carbons (Fsp3) is 0.500. The van der Waals surface area contributed by atoms with Gasteiger partial charge in [-0.2, -0.15) is 5.26 Å². The first-order valence-corrected chi connectivity index (χ1v) is 5.79. The third-order valence-corrected chi connectivity index (χ3v) is 2.61. The van der Waals surface area contributed by atoms with Crippen LogP contribution in [0.4, 0.5) is 5.82 Å². The number of rotatable bonds is 3. The Balaban J connectivity index is 3.27. The summed E-state index contributed by atoms with van der Waals surface area (Å²) in [5, 5.41) is 9.60. The lowest BCUT2D eigenvalue weighted by Gasteiger charge is -2.09. The largest absolute Gasteiger partial charge is 0.382 e. The van der Waals surface area contributed by atoms with Gasteiger partial charge in [0.25, 0.3) is 0 Å². The molecule has 5 heteroatoms. The number of thioether (sulfide) groups is 1. The Bertz CT molecular complexity index is 395. The monoisotopic (exact) mass is 222 g/mol. The average molecular weight is 222 g/mol. The molecule has 0 unspecified atom stereocenters. The second-order valence-corrected chi connectivity index (χ2v) is 4.58. The number of nitrogen functional groups attached to an aromatic ring is 1. The molecule has 0 aliphatic rings. The van der Waals surface area contributed by atoms with Gasteiger partial charge in [-0.15, -0.1) is 0 Å². The third-order valence-electron chi connectivity index (χ3n) is 1.88. The third kappa shape index (κ3) is 2.60. The molecular weight excluding hydrogens is 208 g/mol. The van der Waals surface area contributed by atoms with Crippen LogP contribution in [-0.4, -0.2) is 15.7 Å². The Morgan fingerprint density at radius 3 is 2.60 bits per heavy atom. The summed E-state index contributed by atoms with van der Waals surface area (Å²) in [5.41, 5.74) is 6.86. The fourth-order valence-electron chi connectivity index (χ4n) is 1.20. The molecule has 1 aromatic heterocycles. The van der Waals surface area contributed by atoms with E-state index in [1.54, 1.807) is 0 Å². The van der Waals surface area contributed by atoms with Crippen LogP contribution in [0.15, 0.2) is 5.16 Å². The molecule has 0 aliphatic carbocycles. The lowest BCUT2D eigenvalue weighted by molar-refractivity contribution is 0.776. The highest BCUT2D eigenvalue weighted by Gasteiger charge is 2.14. The van der Waals surface area contributed by atoms with Crippen molar-refractivity contribution >= 4 is 17.6 Å². The highest BCUT2D eigenvalue weighted by atomic mass is 32.2. The van der Waals surface area contributed by atoms with E-state index in [4.69, 9.17) is 11.0 Å². The lowest BCUT2D eigenvalue weighted by Crippen LogP contribution is -2.06. The van der Waals surface area contributed by atoms with Gasteiger partial charge in [-0.05, 0) is 11.7 Å². The van der Waals surface area contributed by atoms with E-state index in [9.17, 15) is 0 Å². The average Bonchev–Trinajstić information content (AvgIpc) is 2.17. The topological polar surface area (TPSA) is 75.6 Å². The minimum absolute atomic E-state index is 0.182. The van der Waals surface area contributed by atoms with Crippen molar-refractivity contribution in [3.8, 4) is 6.07 Å². The summed E-state index contributed by atoms with van der Waals surface area (Å²) < 4.78 is 0. The van der Waals surface area contributed by atoms with Crippen molar-refractivity contribution in [2.75, 3.05) is 11.5 Å². The molecule has 4 nitrogen and oxygen atoms in total. The van der Waals surface area contributed by atoms with Gasteiger partial charge in [0.1, 0.15) is 17.5 Å². The van der Waals surface area contributed by atoms with Crippen LogP contribution < -0.4 is 5.73 Å². The smallest absolute Gasteiger partial charge is 0.189 e. The molecule has 0 saturated heterocycles. The number of hydrogen-bond donors (Lipinski definition) is 1. The van der Waals surface area contributed by atoms with Gasteiger partial charge in [0, 0.05) is 0 Å². The highest BCUT2D eigenvalue weighted by molar-refractivity contribution is 7.99. The molecule has 2 N–H and O–H groups in total. The zero-order valence-electron chi connectivity index (χ0n) is 9.11. The van der Waals surface area contributed by atoms with E-state index in [0.29, 0.717) is 10.7 Å². The number of hydrogen-bond acceptors (Lipinski definition) is 5. The first-order chi connectivity index (χ1) is 7.10. The van der Waals surface area contributed by atoms with Crippen LogP contribution in [0.5, 0.6) is 0 Å². The molecule has 0 saturated carbocycles. The van der Waals surface area contributed by atoms with E-state index < -0.39 is 0 Å². The van der Waals surface area contributed by atoms with Crippen molar-refractivity contribution in [2.45, 2.75) is 31.8 Å². The van der Waals surface area contributed by atoms with Gasteiger partial charge in [-0.25, -0.2) is 9.97 Å². The molecular formula is C10H14N4S. The van der Waals surface area contributed by atoms with Crippen LogP contribution in [0.3, 0.4) is 0 Å². The summed E-state index contributed by atoms with van der Waals surface area (Å²) >= 11 is 1.53. The summed E-state index contributed by atoms with van der Waals surface area (Å²) in [7, 11) is 0. The summed E-state index contributed by atoms with van der Waals surface area (Å²) in [6.45, 7) is 6.00. The predicted octanol–water partition coefficient (Wildman–Crippen LogP) is 2.17. The van der Waals surface area contributed by atoms with Crippen molar-refractivity contribution in [2.24, 2.45) is 0 Å². The first kappa shape index (κ1) is 11.8. The maximum atomic E-state index is 8.95. The number of nitriles is 1. The molecule has 0 amide bonds. The van der Waals surface area contributed by atoms with E-state index in [0.717, 1.165) is 11.4 Å².